The molecule has 0 aliphatic heterocycles. The van der Waals surface area contributed by atoms with E-state index < -0.39 is 11.7 Å². The molecule has 0 bridgehead atoms. The number of aryl methyl sites for hydroxylation is 1. The molecule has 1 amide bonds. The number of nitrogens with one attached hydrogen (secondary N) is 1. The van der Waals surface area contributed by atoms with Gasteiger partial charge in [-0.2, -0.15) is 13.2 Å². The largest absolute Gasteiger partial charge is 0.416 e. The Bertz CT molecular complexity index is 399. The van der Waals surface area contributed by atoms with Crippen molar-refractivity contribution in [1.29, 1.82) is 0 Å². The molecule has 1 aromatic rings. The number of halogens is 3. The molecule has 2 nitrogen and oxygen atoms in total. The van der Waals surface area contributed by atoms with Gasteiger partial charge in [0.2, 0.25) is 5.91 Å². The summed E-state index contributed by atoms with van der Waals surface area (Å²) in [6, 6.07) is 3.48. The molecule has 0 aromatic heterocycles. The zero-order valence-corrected chi connectivity index (χ0v) is 8.98. The standard InChI is InChI=1S/C11H12F3NO/c1-7-5-10(11(12,13)14)4-3-9(7)6-15-8(2)16/h3-5H,6H2,1-2H3,(H,15,16). The van der Waals surface area contributed by atoms with Crippen LogP contribution in [0.3, 0.4) is 0 Å². The molecule has 16 heavy (non-hydrogen) atoms. The Kier molecular flexibility index (Phi) is 3.57. The third-order valence-corrected chi connectivity index (χ3v) is 2.20. The van der Waals surface area contributed by atoms with Gasteiger partial charge in [0.15, 0.2) is 0 Å². The molecule has 0 aliphatic carbocycles. The summed E-state index contributed by atoms with van der Waals surface area (Å²) in [4.78, 5) is 10.7. The number of carbonyl (C=O) groups is 1. The number of benzene rings is 1. The number of hydrogen-bond donors (Lipinski definition) is 1. The predicted octanol–water partition coefficient (Wildman–Crippen LogP) is 2.65. The van der Waals surface area contributed by atoms with Crippen molar-refractivity contribution in [2.45, 2.75) is 26.6 Å². The molecule has 1 rings (SSSR count). The molecule has 0 atom stereocenters. The molecule has 1 N–H and O–H groups in total. The van der Waals surface area contributed by atoms with Crippen LogP contribution in [-0.2, 0) is 17.5 Å². The lowest BCUT2D eigenvalue weighted by Crippen LogP contribution is -2.19. The van der Waals surface area contributed by atoms with Gasteiger partial charge in [-0.05, 0) is 30.2 Å². The molecule has 0 heterocycles. The lowest BCUT2D eigenvalue weighted by molar-refractivity contribution is -0.137. The summed E-state index contributed by atoms with van der Waals surface area (Å²) in [5.41, 5.74) is 0.531. The lowest BCUT2D eigenvalue weighted by Gasteiger charge is -2.11. The molecule has 0 unspecified atom stereocenters. The molecule has 0 aliphatic rings. The first-order valence-electron chi connectivity index (χ1n) is 4.72. The Morgan fingerprint density at radius 2 is 2.00 bits per heavy atom. The summed E-state index contributed by atoms with van der Waals surface area (Å²) >= 11 is 0. The van der Waals surface area contributed by atoms with Crippen LogP contribution in [-0.4, -0.2) is 5.91 Å². The number of carbonyl (C=O) groups excluding carboxylic acids is 1. The Morgan fingerprint density at radius 1 is 1.38 bits per heavy atom. The van der Waals surface area contributed by atoms with Gasteiger partial charge >= 0.3 is 6.18 Å². The fourth-order valence-electron chi connectivity index (χ4n) is 1.29. The Hall–Kier alpha value is -1.52. The second kappa shape index (κ2) is 4.55. The van der Waals surface area contributed by atoms with E-state index in [1.807, 2.05) is 0 Å². The van der Waals surface area contributed by atoms with E-state index in [-0.39, 0.29) is 12.5 Å². The monoisotopic (exact) mass is 231 g/mol. The molecule has 0 fully saturated rings. The molecule has 88 valence electrons. The predicted molar refractivity (Wildman–Crippen MR) is 53.7 cm³/mol. The SMILES string of the molecule is CC(=O)NCc1ccc(C(F)(F)F)cc1C. The van der Waals surface area contributed by atoms with Gasteiger partial charge in [-0.25, -0.2) is 0 Å². The fraction of sp³-hybridized carbons (Fsp3) is 0.364. The first kappa shape index (κ1) is 12.5. The van der Waals surface area contributed by atoms with Crippen LogP contribution >= 0.6 is 0 Å². The zero-order chi connectivity index (χ0) is 12.3. The first-order chi connectivity index (χ1) is 7.30. The highest BCUT2D eigenvalue weighted by Gasteiger charge is 2.30. The number of amides is 1. The number of rotatable bonds is 2. The second-order valence-electron chi connectivity index (χ2n) is 3.55. The summed E-state index contributed by atoms with van der Waals surface area (Å²) in [6.45, 7) is 3.20. The first-order valence-corrected chi connectivity index (χ1v) is 4.72. The van der Waals surface area contributed by atoms with E-state index >= 15 is 0 Å². The highest BCUT2D eigenvalue weighted by Crippen LogP contribution is 2.30. The molecule has 0 saturated carbocycles. The second-order valence-corrected chi connectivity index (χ2v) is 3.55. The maximum absolute atomic E-state index is 12.3. The minimum atomic E-state index is -4.32. The highest BCUT2D eigenvalue weighted by atomic mass is 19.4. The average Bonchev–Trinajstić information content (AvgIpc) is 2.14. The molecular weight excluding hydrogens is 219 g/mol. The van der Waals surface area contributed by atoms with Crippen molar-refractivity contribution in [3.05, 3.63) is 34.9 Å². The van der Waals surface area contributed by atoms with E-state index in [2.05, 4.69) is 5.32 Å². The van der Waals surface area contributed by atoms with Crippen molar-refractivity contribution in [1.82, 2.24) is 5.32 Å². The van der Waals surface area contributed by atoms with Crippen LogP contribution < -0.4 is 5.32 Å². The molecule has 0 spiro atoms. The van der Waals surface area contributed by atoms with Crippen LogP contribution in [0.5, 0.6) is 0 Å². The van der Waals surface area contributed by atoms with Crippen molar-refractivity contribution in [3.63, 3.8) is 0 Å². The minimum absolute atomic E-state index is 0.209. The summed E-state index contributed by atoms with van der Waals surface area (Å²) < 4.78 is 37.0. The van der Waals surface area contributed by atoms with Crippen LogP contribution in [0.4, 0.5) is 13.2 Å². The van der Waals surface area contributed by atoms with E-state index in [4.69, 9.17) is 0 Å². The van der Waals surface area contributed by atoms with Gasteiger partial charge in [0, 0.05) is 13.5 Å². The third-order valence-electron chi connectivity index (χ3n) is 2.20. The summed E-state index contributed by atoms with van der Waals surface area (Å²) in [7, 11) is 0. The van der Waals surface area contributed by atoms with E-state index in [0.717, 1.165) is 12.1 Å². The van der Waals surface area contributed by atoms with Crippen LogP contribution in [0.1, 0.15) is 23.6 Å². The minimum Gasteiger partial charge on any atom is -0.352 e. The van der Waals surface area contributed by atoms with Crippen LogP contribution in [0.15, 0.2) is 18.2 Å². The molecule has 0 radical (unpaired) electrons. The van der Waals surface area contributed by atoms with Gasteiger partial charge in [-0.3, -0.25) is 4.79 Å². The summed E-state index contributed by atoms with van der Waals surface area (Å²) in [5, 5.41) is 2.54. The molecule has 5 heteroatoms. The molecule has 0 saturated heterocycles. The van der Waals surface area contributed by atoms with Crippen molar-refractivity contribution in [2.75, 3.05) is 0 Å². The van der Waals surface area contributed by atoms with Crippen LogP contribution in [0, 0.1) is 6.92 Å². The highest BCUT2D eigenvalue weighted by molar-refractivity contribution is 5.72. The van der Waals surface area contributed by atoms with E-state index in [0.29, 0.717) is 11.1 Å². The van der Waals surface area contributed by atoms with Gasteiger partial charge in [0.1, 0.15) is 0 Å². The average molecular weight is 231 g/mol. The fourth-order valence-corrected chi connectivity index (χ4v) is 1.29. The maximum Gasteiger partial charge on any atom is 0.416 e. The molecule has 1 aromatic carbocycles. The lowest BCUT2D eigenvalue weighted by atomic mass is 10.0. The Balaban J connectivity index is 2.88. The third kappa shape index (κ3) is 3.25. The van der Waals surface area contributed by atoms with Crippen molar-refractivity contribution < 1.29 is 18.0 Å². The summed E-state index contributed by atoms with van der Waals surface area (Å²) in [5.74, 6) is -0.209. The quantitative estimate of drug-likeness (QED) is 0.832. The molecular formula is C11H12F3NO. The van der Waals surface area contributed by atoms with Crippen molar-refractivity contribution in [3.8, 4) is 0 Å². The van der Waals surface area contributed by atoms with Crippen molar-refractivity contribution in [2.24, 2.45) is 0 Å². The Morgan fingerprint density at radius 3 is 2.44 bits per heavy atom. The smallest absolute Gasteiger partial charge is 0.352 e. The normalized spacial score (nSPS) is 11.3. The number of alkyl halides is 3. The summed E-state index contributed by atoms with van der Waals surface area (Å²) in [6.07, 6.45) is -4.32. The van der Waals surface area contributed by atoms with Gasteiger partial charge < -0.3 is 5.32 Å². The van der Waals surface area contributed by atoms with Gasteiger partial charge in [-0.1, -0.05) is 6.07 Å². The van der Waals surface area contributed by atoms with Crippen LogP contribution in [0.2, 0.25) is 0 Å². The van der Waals surface area contributed by atoms with E-state index in [9.17, 15) is 18.0 Å². The maximum atomic E-state index is 12.3. The van der Waals surface area contributed by atoms with Gasteiger partial charge in [0.05, 0.1) is 5.56 Å². The van der Waals surface area contributed by atoms with E-state index in [1.54, 1.807) is 6.92 Å². The van der Waals surface area contributed by atoms with E-state index in [1.165, 1.54) is 13.0 Å². The van der Waals surface area contributed by atoms with Crippen LogP contribution in [0.25, 0.3) is 0 Å². The van der Waals surface area contributed by atoms with Gasteiger partial charge in [0.25, 0.3) is 0 Å². The topological polar surface area (TPSA) is 29.1 Å². The zero-order valence-electron chi connectivity index (χ0n) is 8.98. The Labute approximate surface area is 91.5 Å². The number of hydrogen-bond acceptors (Lipinski definition) is 1. The van der Waals surface area contributed by atoms with Gasteiger partial charge in [-0.15, -0.1) is 0 Å². The van der Waals surface area contributed by atoms with Crippen molar-refractivity contribution >= 4 is 5.91 Å².